The van der Waals surface area contributed by atoms with E-state index in [4.69, 9.17) is 4.74 Å². The van der Waals surface area contributed by atoms with E-state index >= 15 is 0 Å². The molecule has 164 valence electrons. The Morgan fingerprint density at radius 3 is 2.19 bits per heavy atom. The number of ether oxygens (including phenoxy) is 1. The van der Waals surface area contributed by atoms with Gasteiger partial charge in [0.15, 0.2) is 0 Å². The van der Waals surface area contributed by atoms with Gasteiger partial charge in [0.1, 0.15) is 5.60 Å². The first-order valence-corrected chi connectivity index (χ1v) is 11.1. The van der Waals surface area contributed by atoms with Crippen molar-refractivity contribution in [3.05, 3.63) is 96.1 Å². The molecule has 0 unspecified atom stereocenters. The van der Waals surface area contributed by atoms with Crippen LogP contribution in [-0.2, 0) is 17.6 Å². The van der Waals surface area contributed by atoms with Gasteiger partial charge in [-0.3, -0.25) is 0 Å². The Morgan fingerprint density at radius 1 is 0.875 bits per heavy atom. The van der Waals surface area contributed by atoms with Crippen molar-refractivity contribution in [3.63, 3.8) is 0 Å². The second-order valence-corrected chi connectivity index (χ2v) is 9.13. The molecule has 0 saturated heterocycles. The number of aromatic nitrogens is 1. The minimum absolute atomic E-state index is 0.117. The van der Waals surface area contributed by atoms with Gasteiger partial charge in [0.2, 0.25) is 0 Å². The highest BCUT2D eigenvalue weighted by molar-refractivity contribution is 5.91. The fraction of sp³-hybridized carbons (Fsp3) is 0.250. The lowest BCUT2D eigenvalue weighted by molar-refractivity contribution is 0.0504. The Bertz CT molecular complexity index is 1170. The third-order valence-electron chi connectivity index (χ3n) is 5.37. The molecule has 1 atom stereocenters. The molecule has 0 aliphatic heterocycles. The maximum Gasteiger partial charge on any atom is 0.407 e. The Kier molecular flexibility index (Phi) is 6.31. The van der Waals surface area contributed by atoms with Gasteiger partial charge in [-0.2, -0.15) is 0 Å². The van der Waals surface area contributed by atoms with Gasteiger partial charge in [-0.25, -0.2) is 4.79 Å². The molecule has 32 heavy (non-hydrogen) atoms. The van der Waals surface area contributed by atoms with Crippen LogP contribution in [0.25, 0.3) is 22.2 Å². The van der Waals surface area contributed by atoms with Crippen LogP contribution in [0.2, 0.25) is 0 Å². The highest BCUT2D eigenvalue weighted by atomic mass is 16.6. The van der Waals surface area contributed by atoms with Gasteiger partial charge < -0.3 is 15.0 Å². The number of fused-ring (bicyclic) bond motifs is 1. The van der Waals surface area contributed by atoms with E-state index < -0.39 is 5.60 Å². The Balaban J connectivity index is 1.70. The van der Waals surface area contributed by atoms with Crippen LogP contribution < -0.4 is 5.32 Å². The van der Waals surface area contributed by atoms with Gasteiger partial charge in [0.05, 0.1) is 0 Å². The van der Waals surface area contributed by atoms with E-state index in [2.05, 4.69) is 52.8 Å². The Hall–Kier alpha value is -3.53. The van der Waals surface area contributed by atoms with Crippen LogP contribution in [0.15, 0.2) is 84.9 Å². The van der Waals surface area contributed by atoms with Gasteiger partial charge in [0.25, 0.3) is 0 Å². The zero-order valence-corrected chi connectivity index (χ0v) is 18.9. The summed E-state index contributed by atoms with van der Waals surface area (Å²) in [6.07, 6.45) is 1.01. The number of amides is 1. The molecule has 0 spiro atoms. The Labute approximate surface area is 189 Å². The van der Waals surface area contributed by atoms with E-state index in [0.29, 0.717) is 12.8 Å². The molecule has 0 saturated carbocycles. The van der Waals surface area contributed by atoms with E-state index in [1.807, 2.05) is 63.2 Å². The molecule has 0 fully saturated rings. The largest absolute Gasteiger partial charge is 0.444 e. The Morgan fingerprint density at radius 2 is 1.50 bits per heavy atom. The highest BCUT2D eigenvalue weighted by Gasteiger charge is 2.23. The number of carbonyl (C=O) groups is 1. The van der Waals surface area contributed by atoms with Crippen LogP contribution >= 0.6 is 0 Å². The van der Waals surface area contributed by atoms with Gasteiger partial charge in [-0.05, 0) is 56.4 Å². The summed E-state index contributed by atoms with van der Waals surface area (Å²) in [5.41, 5.74) is 5.15. The molecule has 0 radical (unpaired) electrons. The minimum atomic E-state index is -0.544. The van der Waals surface area contributed by atoms with Gasteiger partial charge in [-0.1, -0.05) is 78.9 Å². The summed E-state index contributed by atoms with van der Waals surface area (Å²) in [5, 5.41) is 4.30. The lowest BCUT2D eigenvalue weighted by atomic mass is 9.95. The number of alkyl carbamates (subject to hydrolysis) is 1. The van der Waals surface area contributed by atoms with Gasteiger partial charge >= 0.3 is 6.09 Å². The molecule has 4 aromatic rings. The van der Waals surface area contributed by atoms with Crippen molar-refractivity contribution in [1.29, 1.82) is 0 Å². The monoisotopic (exact) mass is 426 g/mol. The molecule has 1 amide bonds. The summed E-state index contributed by atoms with van der Waals surface area (Å²) in [7, 11) is 0. The van der Waals surface area contributed by atoms with E-state index in [-0.39, 0.29) is 12.1 Å². The maximum absolute atomic E-state index is 12.7. The summed E-state index contributed by atoms with van der Waals surface area (Å²) >= 11 is 0. The standard InChI is InChI=1S/C28H30N2O2/c1-28(2,3)32-27(31)29-22(18-20-12-6-4-7-13-20)19-24-23-16-10-11-17-25(23)30-26(24)21-14-8-5-9-15-21/h4-17,22,30H,18-19H2,1-3H3,(H,29,31)/t22-/m1/s1. The maximum atomic E-state index is 12.7. The van der Waals surface area contributed by atoms with E-state index in [1.165, 1.54) is 16.5 Å². The number of carbonyl (C=O) groups excluding carboxylic acids is 1. The first kappa shape index (κ1) is 21.7. The third kappa shape index (κ3) is 5.38. The third-order valence-corrected chi connectivity index (χ3v) is 5.37. The lowest BCUT2D eigenvalue weighted by Crippen LogP contribution is -2.41. The van der Waals surface area contributed by atoms with E-state index in [0.717, 1.165) is 16.8 Å². The van der Waals surface area contributed by atoms with Crippen LogP contribution in [0.4, 0.5) is 4.79 Å². The number of hydrogen-bond donors (Lipinski definition) is 2. The van der Waals surface area contributed by atoms with E-state index in [9.17, 15) is 4.79 Å². The number of para-hydroxylation sites is 1. The number of aromatic amines is 1. The van der Waals surface area contributed by atoms with Crippen LogP contribution in [0, 0.1) is 0 Å². The average molecular weight is 427 g/mol. The molecule has 3 aromatic carbocycles. The first-order valence-electron chi connectivity index (χ1n) is 11.1. The van der Waals surface area contributed by atoms with Crippen molar-refractivity contribution < 1.29 is 9.53 Å². The van der Waals surface area contributed by atoms with Crippen molar-refractivity contribution >= 4 is 17.0 Å². The van der Waals surface area contributed by atoms with Crippen molar-refractivity contribution in [1.82, 2.24) is 10.3 Å². The molecule has 1 aromatic heterocycles. The van der Waals surface area contributed by atoms with Gasteiger partial charge in [-0.15, -0.1) is 0 Å². The van der Waals surface area contributed by atoms with Crippen molar-refractivity contribution in [2.45, 2.75) is 45.3 Å². The normalized spacial score (nSPS) is 12.5. The molecule has 4 rings (SSSR count). The summed E-state index contributed by atoms with van der Waals surface area (Å²) in [4.78, 5) is 16.3. The number of hydrogen-bond acceptors (Lipinski definition) is 2. The zero-order valence-electron chi connectivity index (χ0n) is 18.9. The van der Waals surface area contributed by atoms with Crippen LogP contribution in [0.3, 0.4) is 0 Å². The molecule has 4 heteroatoms. The van der Waals surface area contributed by atoms with Crippen molar-refractivity contribution in [2.24, 2.45) is 0 Å². The molecule has 0 aliphatic rings. The van der Waals surface area contributed by atoms with Gasteiger partial charge in [0, 0.05) is 22.6 Å². The first-order chi connectivity index (χ1) is 15.4. The number of H-pyrrole nitrogens is 1. The highest BCUT2D eigenvalue weighted by Crippen LogP contribution is 2.31. The van der Waals surface area contributed by atoms with E-state index in [1.54, 1.807) is 0 Å². The number of rotatable bonds is 6. The molecule has 4 nitrogen and oxygen atoms in total. The van der Waals surface area contributed by atoms with Crippen molar-refractivity contribution in [2.75, 3.05) is 0 Å². The fourth-order valence-corrected chi connectivity index (χ4v) is 4.06. The molecule has 0 aliphatic carbocycles. The molecular weight excluding hydrogens is 396 g/mol. The summed E-state index contributed by atoms with van der Waals surface area (Å²) in [6, 6.07) is 28.8. The van der Waals surface area contributed by atoms with Crippen LogP contribution in [0.5, 0.6) is 0 Å². The number of nitrogens with one attached hydrogen (secondary N) is 2. The summed E-state index contributed by atoms with van der Waals surface area (Å²) < 4.78 is 5.57. The predicted molar refractivity (Wildman–Crippen MR) is 131 cm³/mol. The smallest absolute Gasteiger partial charge is 0.407 e. The number of benzene rings is 3. The van der Waals surface area contributed by atoms with Crippen molar-refractivity contribution in [3.8, 4) is 11.3 Å². The minimum Gasteiger partial charge on any atom is -0.444 e. The molecule has 2 N–H and O–H groups in total. The second-order valence-electron chi connectivity index (χ2n) is 9.13. The second kappa shape index (κ2) is 9.31. The lowest BCUT2D eigenvalue weighted by Gasteiger charge is -2.24. The predicted octanol–water partition coefficient (Wildman–Crippen LogP) is 6.51. The topological polar surface area (TPSA) is 54.1 Å². The molecule has 1 heterocycles. The molecular formula is C28H30N2O2. The van der Waals surface area contributed by atoms with Crippen LogP contribution in [0.1, 0.15) is 31.9 Å². The SMILES string of the molecule is CC(C)(C)OC(=O)N[C@H](Cc1ccccc1)Cc1c(-c2ccccc2)[nH]c2ccccc12. The summed E-state index contributed by atoms with van der Waals surface area (Å²) in [5.74, 6) is 0. The van der Waals surface area contributed by atoms with Crippen LogP contribution in [-0.4, -0.2) is 22.7 Å². The summed E-state index contributed by atoms with van der Waals surface area (Å²) in [6.45, 7) is 5.64. The molecule has 0 bridgehead atoms. The zero-order chi connectivity index (χ0) is 22.6. The fourth-order valence-electron chi connectivity index (χ4n) is 4.06. The quantitative estimate of drug-likeness (QED) is 0.369. The average Bonchev–Trinajstić information content (AvgIpc) is 3.12.